The number of carboxylic acid groups (broad SMARTS) is 1. The summed E-state index contributed by atoms with van der Waals surface area (Å²) in [6.45, 7) is 0.175. The van der Waals surface area contributed by atoms with Gasteiger partial charge in [-0.2, -0.15) is 0 Å². The van der Waals surface area contributed by atoms with Crippen LogP contribution in [-0.2, 0) is 4.74 Å². The van der Waals surface area contributed by atoms with E-state index in [1.165, 1.54) is 6.07 Å². The van der Waals surface area contributed by atoms with E-state index < -0.39 is 17.9 Å². The first kappa shape index (κ1) is 20.2. The minimum absolute atomic E-state index is 0.0183. The summed E-state index contributed by atoms with van der Waals surface area (Å²) in [5.74, 6) is 3.34. The standard InChI is InChI=1S/C25H18FNO4/c26-18-13-16(12-17(14-18)24(28)29)6-5-11-27-25(30)31-15-23-21-9-3-1-7-19(21)20-8-2-4-10-22(20)23/h1-4,7-10,12-14,23H,11,15H2,(H,27,30)(H,28,29). The highest BCUT2D eigenvalue weighted by Gasteiger charge is 2.28. The lowest BCUT2D eigenvalue weighted by atomic mass is 9.98. The van der Waals surface area contributed by atoms with Crippen LogP contribution >= 0.6 is 0 Å². The van der Waals surface area contributed by atoms with E-state index in [0.29, 0.717) is 0 Å². The van der Waals surface area contributed by atoms with Gasteiger partial charge in [0, 0.05) is 11.5 Å². The van der Waals surface area contributed by atoms with Crippen LogP contribution in [-0.4, -0.2) is 30.3 Å². The van der Waals surface area contributed by atoms with E-state index in [2.05, 4.69) is 29.3 Å². The minimum atomic E-state index is -1.24. The summed E-state index contributed by atoms with van der Waals surface area (Å²) in [5.41, 5.74) is 4.57. The molecule has 0 heterocycles. The Hall–Kier alpha value is -4.11. The molecule has 154 valence electrons. The first-order valence-corrected chi connectivity index (χ1v) is 9.64. The molecule has 6 heteroatoms. The summed E-state index contributed by atoms with van der Waals surface area (Å²) >= 11 is 0. The lowest BCUT2D eigenvalue weighted by Crippen LogP contribution is -2.26. The fourth-order valence-electron chi connectivity index (χ4n) is 3.70. The fourth-order valence-corrected chi connectivity index (χ4v) is 3.70. The molecule has 1 amide bonds. The van der Waals surface area contributed by atoms with E-state index in [-0.39, 0.29) is 30.2 Å². The topological polar surface area (TPSA) is 75.6 Å². The first-order valence-electron chi connectivity index (χ1n) is 9.64. The second-order valence-corrected chi connectivity index (χ2v) is 7.01. The van der Waals surface area contributed by atoms with E-state index in [1.807, 2.05) is 36.4 Å². The average Bonchev–Trinajstić information content (AvgIpc) is 3.09. The SMILES string of the molecule is O=C(NCC#Cc1cc(F)cc(C(=O)O)c1)OCC1c2ccccc2-c2ccccc21. The van der Waals surface area contributed by atoms with Crippen LogP contribution in [0.3, 0.4) is 0 Å². The molecule has 4 rings (SSSR count). The number of hydrogen-bond acceptors (Lipinski definition) is 3. The molecular formula is C25H18FNO4. The van der Waals surface area contributed by atoms with Crippen LogP contribution in [0.1, 0.15) is 33.0 Å². The number of nitrogens with one attached hydrogen (secondary N) is 1. The highest BCUT2D eigenvalue weighted by molar-refractivity contribution is 5.88. The highest BCUT2D eigenvalue weighted by atomic mass is 19.1. The van der Waals surface area contributed by atoms with Crippen molar-refractivity contribution in [3.05, 3.63) is 94.8 Å². The van der Waals surface area contributed by atoms with Crippen molar-refractivity contribution in [2.75, 3.05) is 13.2 Å². The summed E-state index contributed by atoms with van der Waals surface area (Å²) in [7, 11) is 0. The van der Waals surface area contributed by atoms with E-state index >= 15 is 0 Å². The highest BCUT2D eigenvalue weighted by Crippen LogP contribution is 2.44. The maximum atomic E-state index is 13.5. The molecule has 2 N–H and O–H groups in total. The van der Waals surface area contributed by atoms with Gasteiger partial charge >= 0.3 is 12.1 Å². The number of amides is 1. The molecule has 0 bridgehead atoms. The molecule has 31 heavy (non-hydrogen) atoms. The lowest BCUT2D eigenvalue weighted by molar-refractivity contribution is 0.0696. The van der Waals surface area contributed by atoms with Crippen LogP contribution in [0, 0.1) is 17.7 Å². The predicted molar refractivity (Wildman–Crippen MR) is 113 cm³/mol. The molecular weight excluding hydrogens is 397 g/mol. The Morgan fingerprint density at radius 1 is 1.00 bits per heavy atom. The van der Waals surface area contributed by atoms with Gasteiger partial charge in [0.25, 0.3) is 0 Å². The van der Waals surface area contributed by atoms with Gasteiger partial charge in [-0.25, -0.2) is 14.0 Å². The number of carboxylic acids is 1. The molecule has 3 aromatic rings. The third kappa shape index (κ3) is 4.41. The maximum absolute atomic E-state index is 13.5. The number of carbonyl (C=O) groups excluding carboxylic acids is 1. The van der Waals surface area contributed by atoms with Crippen molar-refractivity contribution in [1.29, 1.82) is 0 Å². The van der Waals surface area contributed by atoms with E-state index in [4.69, 9.17) is 9.84 Å². The number of benzene rings is 3. The van der Waals surface area contributed by atoms with Gasteiger partial charge in [-0.05, 0) is 40.5 Å². The Morgan fingerprint density at radius 2 is 1.65 bits per heavy atom. The zero-order valence-corrected chi connectivity index (χ0v) is 16.4. The molecule has 0 atom stereocenters. The second-order valence-electron chi connectivity index (χ2n) is 7.01. The molecule has 0 saturated carbocycles. The molecule has 0 spiro atoms. The Kier molecular flexibility index (Phi) is 5.67. The molecule has 1 aliphatic carbocycles. The Morgan fingerprint density at radius 3 is 2.29 bits per heavy atom. The third-order valence-corrected chi connectivity index (χ3v) is 5.04. The van der Waals surface area contributed by atoms with E-state index in [1.54, 1.807) is 0 Å². The second kappa shape index (κ2) is 8.72. The van der Waals surface area contributed by atoms with Crippen molar-refractivity contribution >= 4 is 12.1 Å². The molecule has 0 fully saturated rings. The van der Waals surface area contributed by atoms with Crippen LogP contribution < -0.4 is 5.32 Å². The summed E-state index contributed by atoms with van der Waals surface area (Å²) in [6.07, 6.45) is -0.610. The number of fused-ring (bicyclic) bond motifs is 3. The van der Waals surface area contributed by atoms with Crippen LogP contribution in [0.2, 0.25) is 0 Å². The van der Waals surface area contributed by atoms with Crippen molar-refractivity contribution in [1.82, 2.24) is 5.32 Å². The third-order valence-electron chi connectivity index (χ3n) is 5.04. The van der Waals surface area contributed by atoms with Crippen molar-refractivity contribution in [2.45, 2.75) is 5.92 Å². The van der Waals surface area contributed by atoms with Crippen LogP contribution in [0.15, 0.2) is 66.7 Å². The van der Waals surface area contributed by atoms with Gasteiger partial charge in [-0.1, -0.05) is 60.4 Å². The largest absolute Gasteiger partial charge is 0.478 e. The van der Waals surface area contributed by atoms with Crippen LogP contribution in [0.25, 0.3) is 11.1 Å². The summed E-state index contributed by atoms with van der Waals surface area (Å²) in [5, 5.41) is 11.5. The molecule has 1 aliphatic rings. The summed E-state index contributed by atoms with van der Waals surface area (Å²) in [6, 6.07) is 19.4. The number of ether oxygens (including phenoxy) is 1. The van der Waals surface area contributed by atoms with Crippen molar-refractivity contribution in [3.8, 4) is 23.0 Å². The number of carbonyl (C=O) groups is 2. The molecule has 0 aromatic heterocycles. The number of halogens is 1. The summed E-state index contributed by atoms with van der Waals surface area (Å²) in [4.78, 5) is 23.1. The Labute approximate surface area is 178 Å². The molecule has 5 nitrogen and oxygen atoms in total. The van der Waals surface area contributed by atoms with Gasteiger partial charge in [0.1, 0.15) is 12.4 Å². The normalized spacial score (nSPS) is 11.6. The molecule has 0 aliphatic heterocycles. The molecule has 0 saturated heterocycles. The number of alkyl carbamates (subject to hydrolysis) is 1. The van der Waals surface area contributed by atoms with Crippen LogP contribution in [0.4, 0.5) is 9.18 Å². The minimum Gasteiger partial charge on any atom is -0.478 e. The van der Waals surface area contributed by atoms with Gasteiger partial charge in [-0.15, -0.1) is 0 Å². The monoisotopic (exact) mass is 415 g/mol. The molecule has 3 aromatic carbocycles. The van der Waals surface area contributed by atoms with Crippen molar-refractivity contribution in [3.63, 3.8) is 0 Å². The first-order chi connectivity index (χ1) is 15.0. The van der Waals surface area contributed by atoms with Gasteiger partial charge in [0.05, 0.1) is 12.1 Å². The molecule has 0 unspecified atom stereocenters. The Bertz CT molecular complexity index is 1180. The lowest BCUT2D eigenvalue weighted by Gasteiger charge is -2.14. The Balaban J connectivity index is 1.35. The number of aromatic carboxylic acids is 1. The smallest absolute Gasteiger partial charge is 0.407 e. The van der Waals surface area contributed by atoms with Gasteiger partial charge in [0.15, 0.2) is 0 Å². The van der Waals surface area contributed by atoms with E-state index in [9.17, 15) is 14.0 Å². The fraction of sp³-hybridized carbons (Fsp3) is 0.120. The zero-order valence-electron chi connectivity index (χ0n) is 16.4. The van der Waals surface area contributed by atoms with E-state index in [0.717, 1.165) is 34.4 Å². The number of rotatable bonds is 4. The van der Waals surface area contributed by atoms with Gasteiger partial charge < -0.3 is 15.2 Å². The van der Waals surface area contributed by atoms with Gasteiger partial charge in [-0.3, -0.25) is 0 Å². The van der Waals surface area contributed by atoms with Crippen molar-refractivity contribution < 1.29 is 23.8 Å². The van der Waals surface area contributed by atoms with Crippen LogP contribution in [0.5, 0.6) is 0 Å². The average molecular weight is 415 g/mol. The predicted octanol–water partition coefficient (Wildman–Crippen LogP) is 4.41. The van der Waals surface area contributed by atoms with Gasteiger partial charge in [0.2, 0.25) is 0 Å². The molecule has 0 radical (unpaired) electrons. The zero-order chi connectivity index (χ0) is 21.8. The summed E-state index contributed by atoms with van der Waals surface area (Å²) < 4.78 is 18.9. The number of hydrogen-bond donors (Lipinski definition) is 2. The maximum Gasteiger partial charge on any atom is 0.407 e. The quantitative estimate of drug-likeness (QED) is 0.619. The van der Waals surface area contributed by atoms with Crippen molar-refractivity contribution in [2.24, 2.45) is 0 Å².